The fourth-order valence-corrected chi connectivity index (χ4v) is 3.05. The summed E-state index contributed by atoms with van der Waals surface area (Å²) < 4.78 is 29.0. The van der Waals surface area contributed by atoms with E-state index in [0.717, 1.165) is 27.1 Å². The van der Waals surface area contributed by atoms with Gasteiger partial charge in [0.05, 0.1) is 27.4 Å². The monoisotopic (exact) mass is 485 g/mol. The summed E-state index contributed by atoms with van der Waals surface area (Å²) in [7, 11) is 2.17. The van der Waals surface area contributed by atoms with E-state index in [4.69, 9.17) is 24.7 Å². The minimum Gasteiger partial charge on any atom is -0.480 e. The molecular formula is C22H31NO11. The van der Waals surface area contributed by atoms with E-state index in [2.05, 4.69) is 9.47 Å². The van der Waals surface area contributed by atoms with E-state index < -0.39 is 42.3 Å². The van der Waals surface area contributed by atoms with Crippen molar-refractivity contribution in [2.24, 2.45) is 11.7 Å². The van der Waals surface area contributed by atoms with Gasteiger partial charge in [0.2, 0.25) is 0 Å². The van der Waals surface area contributed by atoms with Gasteiger partial charge in [-0.3, -0.25) is 4.79 Å². The second kappa shape index (κ2) is 14.6. The highest BCUT2D eigenvalue weighted by Crippen LogP contribution is 2.36. The molecule has 0 amide bonds. The Morgan fingerprint density at radius 1 is 0.941 bits per heavy atom. The average molecular weight is 485 g/mol. The van der Waals surface area contributed by atoms with Gasteiger partial charge in [0.25, 0.3) is 0 Å². The van der Waals surface area contributed by atoms with Gasteiger partial charge in [-0.15, -0.1) is 0 Å². The molecule has 2 unspecified atom stereocenters. The molecule has 0 fully saturated rings. The van der Waals surface area contributed by atoms with Crippen LogP contribution in [0.2, 0.25) is 0 Å². The van der Waals surface area contributed by atoms with Gasteiger partial charge in [-0.2, -0.15) is 0 Å². The lowest BCUT2D eigenvalue weighted by Crippen LogP contribution is -2.40. The summed E-state index contributed by atoms with van der Waals surface area (Å²) in [5, 5.41) is 9.52. The molecular weight excluding hydrogens is 454 g/mol. The Labute approximate surface area is 197 Å². The highest BCUT2D eigenvalue weighted by Gasteiger charge is 2.33. The van der Waals surface area contributed by atoms with Gasteiger partial charge in [-0.05, 0) is 30.0 Å². The van der Waals surface area contributed by atoms with Crippen LogP contribution in [0.25, 0.3) is 0 Å². The van der Waals surface area contributed by atoms with Crippen LogP contribution in [0.3, 0.4) is 0 Å². The van der Waals surface area contributed by atoms with Crippen molar-refractivity contribution < 1.29 is 52.7 Å². The number of carbonyl (C=O) groups excluding carboxylic acids is 3. The summed E-state index contributed by atoms with van der Waals surface area (Å²) in [6.45, 7) is 3.68. The number of hydrogen-bond donors (Lipinski definition) is 2. The third-order valence-corrected chi connectivity index (χ3v) is 4.79. The van der Waals surface area contributed by atoms with Crippen LogP contribution in [0.15, 0.2) is 18.2 Å². The summed E-state index contributed by atoms with van der Waals surface area (Å²) in [6.07, 6.45) is -0.465. The zero-order valence-corrected chi connectivity index (χ0v) is 19.6. The highest BCUT2D eigenvalue weighted by atomic mass is 16.7. The molecule has 34 heavy (non-hydrogen) atoms. The van der Waals surface area contributed by atoms with E-state index in [1.54, 1.807) is 6.92 Å². The number of carboxylic acid groups (broad SMARTS) is 1. The molecule has 3 atom stereocenters. The fraction of sp³-hybridized carbons (Fsp3) is 0.545. The predicted molar refractivity (Wildman–Crippen MR) is 117 cm³/mol. The van der Waals surface area contributed by atoms with Crippen molar-refractivity contribution >= 4 is 24.4 Å². The van der Waals surface area contributed by atoms with Gasteiger partial charge >= 0.3 is 24.4 Å². The largest absolute Gasteiger partial charge is 0.513 e. The predicted octanol–water partition coefficient (Wildman–Crippen LogP) is 3.45. The van der Waals surface area contributed by atoms with Gasteiger partial charge in [0.15, 0.2) is 11.5 Å². The molecule has 0 radical (unpaired) electrons. The van der Waals surface area contributed by atoms with Gasteiger partial charge in [-0.1, -0.05) is 32.8 Å². The van der Waals surface area contributed by atoms with E-state index in [-0.39, 0.29) is 24.7 Å². The Hall–Kier alpha value is -3.54. The molecule has 1 aromatic rings. The second-order valence-corrected chi connectivity index (χ2v) is 7.30. The first-order valence-electron chi connectivity index (χ1n) is 10.6. The molecule has 12 nitrogen and oxygen atoms in total. The van der Waals surface area contributed by atoms with Crippen LogP contribution < -0.4 is 15.2 Å². The number of methoxy groups -OCH3 is 2. The van der Waals surface area contributed by atoms with Crippen LogP contribution in [-0.2, 0) is 23.7 Å². The molecule has 3 N–H and O–H groups in total. The number of aliphatic carboxylic acids is 1. The average Bonchev–Trinajstić information content (AvgIpc) is 2.81. The van der Waals surface area contributed by atoms with Gasteiger partial charge in [0.1, 0.15) is 6.04 Å². The first-order valence-corrected chi connectivity index (χ1v) is 10.6. The zero-order chi connectivity index (χ0) is 25.7. The molecule has 0 aliphatic rings. The van der Waals surface area contributed by atoms with Crippen molar-refractivity contribution in [2.75, 3.05) is 27.4 Å². The van der Waals surface area contributed by atoms with Crippen molar-refractivity contribution in [3.8, 4) is 11.5 Å². The van der Waals surface area contributed by atoms with Gasteiger partial charge < -0.3 is 39.3 Å². The van der Waals surface area contributed by atoms with Gasteiger partial charge in [-0.25, -0.2) is 14.4 Å². The Balaban J connectivity index is 3.14. The van der Waals surface area contributed by atoms with Crippen molar-refractivity contribution in [2.45, 2.75) is 45.1 Å². The zero-order valence-electron chi connectivity index (χ0n) is 19.6. The van der Waals surface area contributed by atoms with Crippen LogP contribution in [0.1, 0.15) is 44.6 Å². The van der Waals surface area contributed by atoms with E-state index in [1.807, 2.05) is 6.92 Å². The Bertz CT molecular complexity index is 842. The van der Waals surface area contributed by atoms with Crippen LogP contribution in [0.4, 0.5) is 14.4 Å². The number of benzene rings is 1. The first-order chi connectivity index (χ1) is 16.1. The maximum Gasteiger partial charge on any atom is 0.513 e. The molecule has 0 saturated carbocycles. The lowest BCUT2D eigenvalue weighted by atomic mass is 9.82. The fourth-order valence-electron chi connectivity index (χ4n) is 3.05. The lowest BCUT2D eigenvalue weighted by molar-refractivity contribution is -0.139. The maximum atomic E-state index is 11.8. The lowest BCUT2D eigenvalue weighted by Gasteiger charge is -2.27. The van der Waals surface area contributed by atoms with E-state index in [0.29, 0.717) is 12.0 Å². The Morgan fingerprint density at radius 2 is 1.56 bits per heavy atom. The third-order valence-electron chi connectivity index (χ3n) is 4.79. The number of unbranched alkanes of at least 4 members (excludes halogenated alkanes) is 2. The minimum absolute atomic E-state index is 0.178. The standard InChI is InChI=1S/C22H31NO11/c1-5-6-7-10-31-22(28)32-12-13(2)17(18(23)19(24)25)14-8-9-15(33-20(26)29-3)16(11-14)34-21(27)30-4/h8-9,11,13,17-18H,5-7,10,12,23H2,1-4H3,(H,24,25)/t13?,17?,18-/m0/s1. The summed E-state index contributed by atoms with van der Waals surface area (Å²) in [5.74, 6) is -3.20. The Kier molecular flexibility index (Phi) is 12.2. The number of hydrogen-bond acceptors (Lipinski definition) is 11. The number of carbonyl (C=O) groups is 4. The topological polar surface area (TPSA) is 170 Å². The maximum absolute atomic E-state index is 11.8. The van der Waals surface area contributed by atoms with Crippen molar-refractivity contribution in [1.29, 1.82) is 0 Å². The van der Waals surface area contributed by atoms with Crippen molar-refractivity contribution in [3.63, 3.8) is 0 Å². The molecule has 12 heteroatoms. The molecule has 0 spiro atoms. The van der Waals surface area contributed by atoms with E-state index in [1.165, 1.54) is 18.2 Å². The SMILES string of the molecule is CCCCCOC(=O)OCC(C)C(c1ccc(OC(=O)OC)c(OC(=O)OC)c1)[C@H](N)C(=O)O. The quantitative estimate of drug-likeness (QED) is 0.191. The minimum atomic E-state index is -1.41. The van der Waals surface area contributed by atoms with Crippen LogP contribution in [0, 0.1) is 5.92 Å². The van der Waals surface area contributed by atoms with Crippen molar-refractivity contribution in [3.05, 3.63) is 23.8 Å². The molecule has 0 aromatic heterocycles. The molecule has 190 valence electrons. The number of carboxylic acids is 1. The number of ether oxygens (including phenoxy) is 6. The molecule has 0 saturated heterocycles. The highest BCUT2D eigenvalue weighted by molar-refractivity contribution is 5.75. The summed E-state index contributed by atoms with van der Waals surface area (Å²) >= 11 is 0. The van der Waals surface area contributed by atoms with E-state index in [9.17, 15) is 24.3 Å². The molecule has 0 aliphatic carbocycles. The van der Waals surface area contributed by atoms with Gasteiger partial charge in [0, 0.05) is 5.92 Å². The summed E-state index contributed by atoms with van der Waals surface area (Å²) in [5.41, 5.74) is 6.24. The second-order valence-electron chi connectivity index (χ2n) is 7.30. The molecule has 0 bridgehead atoms. The number of nitrogens with two attached hydrogens (primary N) is 1. The van der Waals surface area contributed by atoms with Crippen molar-refractivity contribution in [1.82, 2.24) is 0 Å². The molecule has 0 aliphatic heterocycles. The summed E-state index contributed by atoms with van der Waals surface area (Å²) in [6, 6.07) is 2.59. The van der Waals surface area contributed by atoms with Crippen LogP contribution in [-0.4, -0.2) is 63.0 Å². The first kappa shape index (κ1) is 28.5. The van der Waals surface area contributed by atoms with Crippen LogP contribution >= 0.6 is 0 Å². The third kappa shape index (κ3) is 9.14. The van der Waals surface area contributed by atoms with E-state index >= 15 is 0 Å². The molecule has 0 heterocycles. The smallest absolute Gasteiger partial charge is 0.480 e. The summed E-state index contributed by atoms with van der Waals surface area (Å²) in [4.78, 5) is 46.6. The normalized spacial score (nSPS) is 13.1. The Morgan fingerprint density at radius 3 is 2.12 bits per heavy atom. The molecule has 1 aromatic carbocycles. The van der Waals surface area contributed by atoms with Crippen LogP contribution in [0.5, 0.6) is 11.5 Å². The number of rotatable bonds is 12. The molecule has 1 rings (SSSR count).